The lowest BCUT2D eigenvalue weighted by Gasteiger charge is -2.05. The highest BCUT2D eigenvalue weighted by Gasteiger charge is 2.30. The molecule has 15 heavy (non-hydrogen) atoms. The maximum atomic E-state index is 11.7. The molecule has 0 N–H and O–H groups in total. The average molecular weight is 209 g/mol. The standard InChI is InChI=1S/C9H11N3O3/c1-5(13)8(6(2)14)9(15)7-4-10-12(3)11-7/h4,8H,1-3H3. The Morgan fingerprint density at radius 2 is 1.80 bits per heavy atom. The Kier molecular flexibility index (Phi) is 3.08. The van der Waals surface area contributed by atoms with Crippen molar-refractivity contribution < 1.29 is 14.4 Å². The zero-order valence-corrected chi connectivity index (χ0v) is 8.72. The van der Waals surface area contributed by atoms with Crippen LogP contribution in [0.1, 0.15) is 24.3 Å². The highest BCUT2D eigenvalue weighted by Crippen LogP contribution is 2.08. The smallest absolute Gasteiger partial charge is 0.202 e. The Morgan fingerprint density at radius 1 is 1.27 bits per heavy atom. The van der Waals surface area contributed by atoms with Crippen LogP contribution in [0, 0.1) is 5.92 Å². The summed E-state index contributed by atoms with van der Waals surface area (Å²) in [5.74, 6) is -2.79. The van der Waals surface area contributed by atoms with Crippen LogP contribution < -0.4 is 0 Å². The molecule has 0 bridgehead atoms. The van der Waals surface area contributed by atoms with E-state index in [9.17, 15) is 14.4 Å². The van der Waals surface area contributed by atoms with Gasteiger partial charge in [0.05, 0.1) is 6.20 Å². The fourth-order valence-corrected chi connectivity index (χ4v) is 1.26. The minimum atomic E-state index is -1.25. The molecule has 6 nitrogen and oxygen atoms in total. The van der Waals surface area contributed by atoms with E-state index in [4.69, 9.17) is 0 Å². The van der Waals surface area contributed by atoms with Crippen LogP contribution in [0.15, 0.2) is 6.20 Å². The van der Waals surface area contributed by atoms with Gasteiger partial charge in [0.15, 0.2) is 0 Å². The number of aryl methyl sites for hydroxylation is 1. The molecule has 0 saturated heterocycles. The quantitative estimate of drug-likeness (QED) is 0.506. The summed E-state index contributed by atoms with van der Waals surface area (Å²) < 4.78 is 0. The van der Waals surface area contributed by atoms with Crippen molar-refractivity contribution in [1.82, 2.24) is 15.0 Å². The van der Waals surface area contributed by atoms with E-state index in [1.807, 2.05) is 0 Å². The van der Waals surface area contributed by atoms with Gasteiger partial charge in [-0.2, -0.15) is 15.0 Å². The van der Waals surface area contributed by atoms with Crippen molar-refractivity contribution in [2.75, 3.05) is 0 Å². The van der Waals surface area contributed by atoms with E-state index < -0.39 is 23.3 Å². The SMILES string of the molecule is CC(=O)C(C(C)=O)C(=O)c1cnn(C)n1. The first-order valence-electron chi connectivity index (χ1n) is 4.35. The number of aromatic nitrogens is 3. The fraction of sp³-hybridized carbons (Fsp3) is 0.444. The molecule has 0 aliphatic carbocycles. The minimum absolute atomic E-state index is 0.0351. The summed E-state index contributed by atoms with van der Waals surface area (Å²) in [7, 11) is 1.55. The third kappa shape index (κ3) is 2.34. The average Bonchev–Trinajstić information content (AvgIpc) is 2.50. The van der Waals surface area contributed by atoms with Crippen molar-refractivity contribution in [1.29, 1.82) is 0 Å². The molecule has 0 unspecified atom stereocenters. The maximum absolute atomic E-state index is 11.7. The van der Waals surface area contributed by atoms with Gasteiger partial charge in [0.1, 0.15) is 23.2 Å². The number of ketones is 3. The number of carbonyl (C=O) groups is 3. The Balaban J connectivity index is 3.01. The molecule has 6 heteroatoms. The van der Waals surface area contributed by atoms with Gasteiger partial charge in [0, 0.05) is 7.05 Å². The van der Waals surface area contributed by atoms with Gasteiger partial charge in [-0.15, -0.1) is 0 Å². The van der Waals surface area contributed by atoms with Crippen LogP contribution in [0.2, 0.25) is 0 Å². The number of carbonyl (C=O) groups excluding carboxylic acids is 3. The highest BCUT2D eigenvalue weighted by atomic mass is 16.2. The van der Waals surface area contributed by atoms with Gasteiger partial charge < -0.3 is 0 Å². The molecule has 1 aromatic heterocycles. The third-order valence-electron chi connectivity index (χ3n) is 1.93. The molecule has 0 saturated carbocycles. The van der Waals surface area contributed by atoms with E-state index in [0.29, 0.717) is 0 Å². The summed E-state index contributed by atoms with van der Waals surface area (Å²) in [4.78, 5) is 35.1. The molecule has 0 aromatic carbocycles. The topological polar surface area (TPSA) is 81.9 Å². The Morgan fingerprint density at radius 3 is 2.13 bits per heavy atom. The second-order valence-electron chi connectivity index (χ2n) is 3.24. The van der Waals surface area contributed by atoms with Gasteiger partial charge in [-0.1, -0.05) is 0 Å². The first kappa shape index (κ1) is 11.2. The van der Waals surface area contributed by atoms with Crippen LogP contribution in [-0.4, -0.2) is 32.3 Å². The molecule has 1 heterocycles. The molecule has 0 fully saturated rings. The van der Waals surface area contributed by atoms with E-state index in [2.05, 4.69) is 10.2 Å². The second kappa shape index (κ2) is 4.12. The maximum Gasteiger partial charge on any atom is 0.202 e. The summed E-state index contributed by atoms with van der Waals surface area (Å²) in [6.07, 6.45) is 1.24. The summed E-state index contributed by atoms with van der Waals surface area (Å²) in [5.41, 5.74) is 0.0351. The largest absolute Gasteiger partial charge is 0.299 e. The molecule has 1 rings (SSSR count). The molecule has 1 aromatic rings. The zero-order chi connectivity index (χ0) is 11.6. The monoisotopic (exact) mass is 209 g/mol. The van der Waals surface area contributed by atoms with Gasteiger partial charge >= 0.3 is 0 Å². The van der Waals surface area contributed by atoms with Crippen molar-refractivity contribution in [2.45, 2.75) is 13.8 Å². The number of hydrogen-bond donors (Lipinski definition) is 0. The summed E-state index contributed by atoms with van der Waals surface area (Å²) in [6, 6.07) is 0. The van der Waals surface area contributed by atoms with Gasteiger partial charge in [-0.05, 0) is 13.8 Å². The Bertz CT molecular complexity index is 408. The Hall–Kier alpha value is -1.85. The van der Waals surface area contributed by atoms with Crippen molar-refractivity contribution in [2.24, 2.45) is 13.0 Å². The Labute approximate surface area is 86.3 Å². The van der Waals surface area contributed by atoms with Crippen LogP contribution in [0.5, 0.6) is 0 Å². The number of Topliss-reactive ketones (excluding diaryl/α,β-unsaturated/α-hetero) is 3. The molecule has 80 valence electrons. The van der Waals surface area contributed by atoms with Gasteiger partial charge in [-0.25, -0.2) is 0 Å². The predicted molar refractivity (Wildman–Crippen MR) is 50.2 cm³/mol. The molecule has 0 radical (unpaired) electrons. The molecule has 0 aliphatic rings. The number of rotatable bonds is 4. The van der Waals surface area contributed by atoms with Gasteiger partial charge in [0.2, 0.25) is 5.78 Å². The van der Waals surface area contributed by atoms with Crippen LogP contribution in [0.25, 0.3) is 0 Å². The van der Waals surface area contributed by atoms with Crippen molar-refractivity contribution in [3.8, 4) is 0 Å². The molecule has 0 atom stereocenters. The lowest BCUT2D eigenvalue weighted by Crippen LogP contribution is -2.29. The molecular formula is C9H11N3O3. The minimum Gasteiger partial charge on any atom is -0.299 e. The number of hydrogen-bond acceptors (Lipinski definition) is 5. The van der Waals surface area contributed by atoms with E-state index in [1.54, 1.807) is 7.05 Å². The van der Waals surface area contributed by atoms with Gasteiger partial charge in [0.25, 0.3) is 0 Å². The first-order valence-corrected chi connectivity index (χ1v) is 4.35. The van der Waals surface area contributed by atoms with Crippen molar-refractivity contribution in [3.05, 3.63) is 11.9 Å². The van der Waals surface area contributed by atoms with Gasteiger partial charge in [-0.3, -0.25) is 14.4 Å². The summed E-state index contributed by atoms with van der Waals surface area (Å²) in [6.45, 7) is 2.42. The normalized spacial score (nSPS) is 10.4. The zero-order valence-electron chi connectivity index (χ0n) is 8.72. The molecule has 0 spiro atoms. The van der Waals surface area contributed by atoms with Crippen LogP contribution in [0.4, 0.5) is 0 Å². The third-order valence-corrected chi connectivity index (χ3v) is 1.93. The predicted octanol–water partition coefficient (Wildman–Crippen LogP) is -0.208. The van der Waals surface area contributed by atoms with Crippen molar-refractivity contribution in [3.63, 3.8) is 0 Å². The van der Waals surface area contributed by atoms with E-state index in [-0.39, 0.29) is 5.69 Å². The van der Waals surface area contributed by atoms with Crippen molar-refractivity contribution >= 4 is 17.3 Å². The molecule has 0 aliphatic heterocycles. The summed E-state index contributed by atoms with van der Waals surface area (Å²) >= 11 is 0. The molecule has 0 amide bonds. The molecular weight excluding hydrogens is 198 g/mol. The first-order chi connectivity index (χ1) is 6.93. The van der Waals surface area contributed by atoms with Crippen LogP contribution in [-0.2, 0) is 16.6 Å². The highest BCUT2D eigenvalue weighted by molar-refractivity contribution is 6.22. The van der Waals surface area contributed by atoms with Crippen LogP contribution >= 0.6 is 0 Å². The number of nitrogens with zero attached hydrogens (tertiary/aromatic N) is 3. The van der Waals surface area contributed by atoms with E-state index in [1.165, 1.54) is 24.8 Å². The lowest BCUT2D eigenvalue weighted by molar-refractivity contribution is -0.128. The lowest BCUT2D eigenvalue weighted by atomic mass is 9.94. The van der Waals surface area contributed by atoms with E-state index >= 15 is 0 Å². The fourth-order valence-electron chi connectivity index (χ4n) is 1.26. The summed E-state index contributed by atoms with van der Waals surface area (Å²) in [5, 5.41) is 7.45. The second-order valence-corrected chi connectivity index (χ2v) is 3.24. The van der Waals surface area contributed by atoms with Crippen LogP contribution in [0.3, 0.4) is 0 Å². The van der Waals surface area contributed by atoms with E-state index in [0.717, 1.165) is 0 Å².